The third kappa shape index (κ3) is 6.44. The predicted octanol–water partition coefficient (Wildman–Crippen LogP) is 3.64. The average molecular weight is 318 g/mol. The Morgan fingerprint density at radius 3 is 2.63 bits per heavy atom. The molecule has 0 saturated heterocycles. The second-order valence-electron chi connectivity index (χ2n) is 3.99. The van der Waals surface area contributed by atoms with Gasteiger partial charge in [0.2, 0.25) is 0 Å². The summed E-state index contributed by atoms with van der Waals surface area (Å²) in [5.74, 6) is 1.39. The molecule has 0 aliphatic rings. The molecule has 4 nitrogen and oxygen atoms in total. The fourth-order valence-electron chi connectivity index (χ4n) is 1.01. The van der Waals surface area contributed by atoms with Crippen LogP contribution in [0.3, 0.4) is 0 Å². The van der Waals surface area contributed by atoms with Crippen molar-refractivity contribution in [1.82, 2.24) is 10.2 Å². The minimum absolute atomic E-state index is 0.162. The van der Waals surface area contributed by atoms with E-state index >= 15 is 0 Å². The van der Waals surface area contributed by atoms with Crippen LogP contribution in [0.4, 0.5) is 0 Å². The van der Waals surface area contributed by atoms with E-state index in [-0.39, 0.29) is 12.1 Å². The van der Waals surface area contributed by atoms with Crippen molar-refractivity contribution < 1.29 is 9.53 Å². The van der Waals surface area contributed by atoms with Gasteiger partial charge in [-0.05, 0) is 20.3 Å². The van der Waals surface area contributed by atoms with Gasteiger partial charge in [-0.1, -0.05) is 48.4 Å². The first-order valence-corrected chi connectivity index (χ1v) is 8.77. The van der Waals surface area contributed by atoms with Crippen molar-refractivity contribution in [3.8, 4) is 0 Å². The highest BCUT2D eigenvalue weighted by molar-refractivity contribution is 8.03. The molecule has 0 aliphatic carbocycles. The highest BCUT2D eigenvalue weighted by Gasteiger charge is 2.12. The topological polar surface area (TPSA) is 52.1 Å². The van der Waals surface area contributed by atoms with Crippen molar-refractivity contribution in [2.24, 2.45) is 0 Å². The summed E-state index contributed by atoms with van der Waals surface area (Å²) >= 11 is 4.87. The number of rotatable bonds is 8. The summed E-state index contributed by atoms with van der Waals surface area (Å²) in [7, 11) is 0. The van der Waals surface area contributed by atoms with Crippen molar-refractivity contribution in [3.05, 3.63) is 12.2 Å². The maximum absolute atomic E-state index is 11.3. The standard InChI is InChI=1S/C12H18N2O2S3/c1-5-6-17-11-13-14-12(19-11)18-7-9(4)16-10(15)8(2)3/h9H,2,5-7H2,1,3-4H3. The molecule has 0 fully saturated rings. The maximum atomic E-state index is 11.3. The first-order chi connectivity index (χ1) is 9.02. The van der Waals surface area contributed by atoms with Crippen LogP contribution in [-0.4, -0.2) is 33.8 Å². The van der Waals surface area contributed by atoms with Gasteiger partial charge in [0.25, 0.3) is 0 Å². The van der Waals surface area contributed by atoms with E-state index in [9.17, 15) is 4.79 Å². The second kappa shape index (κ2) is 8.60. The normalized spacial score (nSPS) is 12.2. The zero-order chi connectivity index (χ0) is 14.3. The highest BCUT2D eigenvalue weighted by atomic mass is 32.2. The molecule has 0 bridgehead atoms. The molecule has 19 heavy (non-hydrogen) atoms. The van der Waals surface area contributed by atoms with Crippen LogP contribution >= 0.6 is 34.9 Å². The number of ether oxygens (including phenoxy) is 1. The summed E-state index contributed by atoms with van der Waals surface area (Å²) in [5.41, 5.74) is 0.422. The molecule has 0 amide bonds. The zero-order valence-corrected chi connectivity index (χ0v) is 13.8. The van der Waals surface area contributed by atoms with Gasteiger partial charge >= 0.3 is 5.97 Å². The third-order valence-corrected chi connectivity index (χ3v) is 5.54. The van der Waals surface area contributed by atoms with Crippen LogP contribution in [0.2, 0.25) is 0 Å². The Bertz CT molecular complexity index is 434. The fraction of sp³-hybridized carbons (Fsp3) is 0.583. The minimum Gasteiger partial charge on any atom is -0.458 e. The van der Waals surface area contributed by atoms with Crippen molar-refractivity contribution in [2.75, 3.05) is 11.5 Å². The Hall–Kier alpha value is -0.530. The molecule has 7 heteroatoms. The molecule has 1 atom stereocenters. The molecular formula is C12H18N2O2S3. The van der Waals surface area contributed by atoms with E-state index in [1.165, 1.54) is 0 Å². The zero-order valence-electron chi connectivity index (χ0n) is 11.3. The molecule has 0 N–H and O–H groups in total. The highest BCUT2D eigenvalue weighted by Crippen LogP contribution is 2.29. The SMILES string of the molecule is C=C(C)C(=O)OC(C)CSc1nnc(SCCC)s1. The van der Waals surface area contributed by atoms with Gasteiger partial charge in [0, 0.05) is 17.1 Å². The molecule has 0 radical (unpaired) electrons. The number of nitrogens with zero attached hydrogens (tertiary/aromatic N) is 2. The van der Waals surface area contributed by atoms with E-state index in [2.05, 4.69) is 23.7 Å². The molecule has 106 valence electrons. The van der Waals surface area contributed by atoms with Crippen molar-refractivity contribution in [3.63, 3.8) is 0 Å². The van der Waals surface area contributed by atoms with Gasteiger partial charge in [0.15, 0.2) is 8.68 Å². The van der Waals surface area contributed by atoms with Crippen LogP contribution in [0.15, 0.2) is 20.8 Å². The average Bonchev–Trinajstić information content (AvgIpc) is 2.81. The Kier molecular flexibility index (Phi) is 7.48. The van der Waals surface area contributed by atoms with Crippen molar-refractivity contribution in [2.45, 2.75) is 42.0 Å². The van der Waals surface area contributed by atoms with E-state index in [1.54, 1.807) is 41.8 Å². The Balaban J connectivity index is 2.33. The summed E-state index contributed by atoms with van der Waals surface area (Å²) in [5, 5.41) is 8.22. The molecular weight excluding hydrogens is 300 g/mol. The number of hydrogen-bond acceptors (Lipinski definition) is 7. The molecule has 0 aliphatic heterocycles. The molecule has 1 aromatic rings. The summed E-state index contributed by atoms with van der Waals surface area (Å²) in [6, 6.07) is 0. The van der Waals surface area contributed by atoms with Crippen LogP contribution < -0.4 is 0 Å². The quantitative estimate of drug-likeness (QED) is 0.414. The summed E-state index contributed by atoms with van der Waals surface area (Å²) in [4.78, 5) is 11.3. The molecule has 0 aromatic carbocycles. The molecule has 0 spiro atoms. The molecule has 0 saturated carbocycles. The lowest BCUT2D eigenvalue weighted by Gasteiger charge is -2.11. The predicted molar refractivity (Wildman–Crippen MR) is 82.0 cm³/mol. The van der Waals surface area contributed by atoms with Gasteiger partial charge in [0.1, 0.15) is 6.10 Å². The monoisotopic (exact) mass is 318 g/mol. The van der Waals surface area contributed by atoms with Crippen LogP contribution in [0.25, 0.3) is 0 Å². The van der Waals surface area contributed by atoms with E-state index in [1.807, 2.05) is 6.92 Å². The lowest BCUT2D eigenvalue weighted by atomic mass is 10.3. The lowest BCUT2D eigenvalue weighted by molar-refractivity contribution is -0.142. The second-order valence-corrected chi connectivity index (χ2v) is 7.58. The third-order valence-electron chi connectivity index (χ3n) is 1.92. The number of hydrogen-bond donors (Lipinski definition) is 0. The van der Waals surface area contributed by atoms with Crippen molar-refractivity contribution in [1.29, 1.82) is 0 Å². The largest absolute Gasteiger partial charge is 0.458 e. The van der Waals surface area contributed by atoms with Crippen LogP contribution in [0.5, 0.6) is 0 Å². The summed E-state index contributed by atoms with van der Waals surface area (Å²) in [6.45, 7) is 9.20. The van der Waals surface area contributed by atoms with Crippen LogP contribution in [-0.2, 0) is 9.53 Å². The van der Waals surface area contributed by atoms with Crippen LogP contribution in [0.1, 0.15) is 27.2 Å². The van der Waals surface area contributed by atoms with E-state index in [4.69, 9.17) is 4.74 Å². The fourth-order valence-corrected chi connectivity index (χ4v) is 3.90. The van der Waals surface area contributed by atoms with Gasteiger partial charge in [-0.15, -0.1) is 10.2 Å². The Labute approximate surface area is 126 Å². The molecule has 1 aromatic heterocycles. The van der Waals surface area contributed by atoms with E-state index < -0.39 is 0 Å². The van der Waals surface area contributed by atoms with Gasteiger partial charge in [-0.2, -0.15) is 0 Å². The van der Waals surface area contributed by atoms with Gasteiger partial charge < -0.3 is 4.74 Å². The number of aromatic nitrogens is 2. The van der Waals surface area contributed by atoms with Gasteiger partial charge in [-0.3, -0.25) is 0 Å². The van der Waals surface area contributed by atoms with Gasteiger partial charge in [-0.25, -0.2) is 4.79 Å². The first kappa shape index (κ1) is 16.5. The number of esters is 1. The van der Waals surface area contributed by atoms with E-state index in [0.29, 0.717) is 11.3 Å². The number of thioether (sulfide) groups is 2. The Morgan fingerprint density at radius 1 is 1.42 bits per heavy atom. The lowest BCUT2D eigenvalue weighted by Crippen LogP contribution is -2.17. The van der Waals surface area contributed by atoms with E-state index in [0.717, 1.165) is 20.9 Å². The summed E-state index contributed by atoms with van der Waals surface area (Å²) in [6.07, 6.45) is 0.963. The molecule has 1 unspecified atom stereocenters. The first-order valence-electron chi connectivity index (χ1n) is 5.98. The minimum atomic E-state index is -0.343. The maximum Gasteiger partial charge on any atom is 0.333 e. The number of carbonyl (C=O) groups excluding carboxylic acids is 1. The van der Waals surface area contributed by atoms with Crippen molar-refractivity contribution >= 4 is 40.8 Å². The smallest absolute Gasteiger partial charge is 0.333 e. The molecule has 1 heterocycles. The Morgan fingerprint density at radius 2 is 2.05 bits per heavy atom. The summed E-state index contributed by atoms with van der Waals surface area (Å²) < 4.78 is 7.11. The number of carbonyl (C=O) groups is 1. The van der Waals surface area contributed by atoms with Crippen LogP contribution in [0, 0.1) is 0 Å². The van der Waals surface area contributed by atoms with Gasteiger partial charge in [0.05, 0.1) is 0 Å². The molecule has 1 rings (SSSR count).